The van der Waals surface area contributed by atoms with Gasteiger partial charge in [0.1, 0.15) is 12.4 Å². The summed E-state index contributed by atoms with van der Waals surface area (Å²) in [6.07, 6.45) is 1.78. The molecular weight excluding hydrogens is 422 g/mol. The van der Waals surface area contributed by atoms with Crippen molar-refractivity contribution in [3.05, 3.63) is 70.0 Å². The molecule has 4 rings (SSSR count). The molecule has 114 valence electrons. The zero-order chi connectivity index (χ0) is 15.8. The topological polar surface area (TPSA) is 56.0 Å². The molecule has 0 amide bonds. The highest BCUT2D eigenvalue weighted by atomic mass is 79.9. The molecule has 0 saturated heterocycles. The maximum atomic E-state index is 4.76. The van der Waals surface area contributed by atoms with Gasteiger partial charge >= 0.3 is 0 Å². The van der Waals surface area contributed by atoms with Crippen molar-refractivity contribution in [2.45, 2.75) is 11.9 Å². The first-order valence-electron chi connectivity index (χ1n) is 7.03. The van der Waals surface area contributed by atoms with E-state index in [9.17, 15) is 0 Å². The Morgan fingerprint density at radius 1 is 1.13 bits per heavy atom. The van der Waals surface area contributed by atoms with Gasteiger partial charge in [-0.25, -0.2) is 0 Å². The molecule has 0 radical (unpaired) electrons. The van der Waals surface area contributed by atoms with Crippen LogP contribution in [0.25, 0.3) is 5.69 Å². The van der Waals surface area contributed by atoms with E-state index in [1.807, 2.05) is 24.3 Å². The third kappa shape index (κ3) is 2.53. The molecule has 0 aliphatic carbocycles. The maximum absolute atomic E-state index is 4.76. The molecule has 0 saturated carbocycles. The zero-order valence-electron chi connectivity index (χ0n) is 11.9. The molecule has 0 spiro atoms. The minimum atomic E-state index is 0.470. The van der Waals surface area contributed by atoms with Crippen LogP contribution in [0.1, 0.15) is 22.9 Å². The average molecular weight is 433 g/mol. The number of benzene rings is 1. The second-order valence-electron chi connectivity index (χ2n) is 5.04. The molecule has 0 N–H and O–H groups in total. The van der Waals surface area contributed by atoms with Crippen LogP contribution in [0.3, 0.4) is 0 Å². The molecule has 2 aromatic heterocycles. The van der Waals surface area contributed by atoms with E-state index in [0.29, 0.717) is 11.9 Å². The summed E-state index contributed by atoms with van der Waals surface area (Å²) in [6, 6.07) is 12.0. The van der Waals surface area contributed by atoms with Gasteiger partial charge in [-0.05, 0) is 30.3 Å². The van der Waals surface area contributed by atoms with Crippen LogP contribution >= 0.6 is 31.9 Å². The van der Waals surface area contributed by atoms with Crippen LogP contribution in [0.4, 0.5) is 0 Å². The van der Waals surface area contributed by atoms with E-state index in [1.54, 1.807) is 6.20 Å². The van der Waals surface area contributed by atoms with Gasteiger partial charge in [0.15, 0.2) is 5.82 Å². The van der Waals surface area contributed by atoms with Crippen molar-refractivity contribution >= 4 is 37.6 Å². The minimum Gasteiger partial charge on any atom is -0.280 e. The Kier molecular flexibility index (Phi) is 3.82. The average Bonchev–Trinajstić information content (AvgIpc) is 2.92. The summed E-state index contributed by atoms with van der Waals surface area (Å²) in [4.78, 5) is 9.22. The number of pyridine rings is 1. The number of rotatable bonds is 2. The van der Waals surface area contributed by atoms with E-state index in [0.717, 1.165) is 38.8 Å². The Labute approximate surface area is 149 Å². The summed E-state index contributed by atoms with van der Waals surface area (Å²) in [5.74, 6) is 1.69. The van der Waals surface area contributed by atoms with Crippen LogP contribution in [0.15, 0.2) is 52.1 Å². The van der Waals surface area contributed by atoms with E-state index in [-0.39, 0.29) is 0 Å². The van der Waals surface area contributed by atoms with Crippen molar-refractivity contribution in [3.63, 3.8) is 0 Å². The molecule has 1 aromatic carbocycles. The van der Waals surface area contributed by atoms with Gasteiger partial charge in [-0.15, -0.1) is 10.2 Å². The molecule has 0 bridgehead atoms. The first-order valence-corrected chi connectivity index (χ1v) is 8.94. The summed E-state index contributed by atoms with van der Waals surface area (Å²) in [7, 11) is 0. The second kappa shape index (κ2) is 5.98. The number of halogens is 2. The lowest BCUT2D eigenvalue weighted by Crippen LogP contribution is -2.10. The number of fused-ring (bicyclic) bond motifs is 3. The fourth-order valence-corrected chi connectivity index (χ4v) is 3.39. The van der Waals surface area contributed by atoms with Gasteiger partial charge in [0.05, 0.1) is 22.4 Å². The van der Waals surface area contributed by atoms with Gasteiger partial charge in [0, 0.05) is 16.2 Å². The Morgan fingerprint density at radius 2 is 2.04 bits per heavy atom. The minimum absolute atomic E-state index is 0.470. The number of alkyl halides is 1. The van der Waals surface area contributed by atoms with Crippen LogP contribution in [0.5, 0.6) is 0 Å². The molecular formula is C16H11Br2N5. The van der Waals surface area contributed by atoms with Gasteiger partial charge in [0.25, 0.3) is 0 Å². The Balaban J connectivity index is 2.00. The monoisotopic (exact) mass is 431 g/mol. The molecule has 0 fully saturated rings. The van der Waals surface area contributed by atoms with E-state index < -0.39 is 0 Å². The number of hydrogen-bond acceptors (Lipinski definition) is 4. The SMILES string of the molecule is BrCc1nnc2n1-c1ccc(Br)cc1C(c1ccccn1)=NC2. The quantitative estimate of drug-likeness (QED) is 0.580. The standard InChI is InChI=1S/C16H11Br2N5/c17-8-14-21-22-15-9-20-16(12-3-1-2-6-19-12)11-7-10(18)4-5-13(11)23(14)15/h1-7H,8-9H2. The van der Waals surface area contributed by atoms with Gasteiger partial charge < -0.3 is 0 Å². The highest BCUT2D eigenvalue weighted by molar-refractivity contribution is 9.10. The van der Waals surface area contributed by atoms with Crippen LogP contribution in [-0.2, 0) is 11.9 Å². The lowest BCUT2D eigenvalue weighted by Gasteiger charge is -2.13. The Bertz CT molecular complexity index is 902. The normalized spacial score (nSPS) is 13.0. The molecule has 0 atom stereocenters. The Morgan fingerprint density at radius 3 is 2.83 bits per heavy atom. The number of nitrogens with zero attached hydrogens (tertiary/aromatic N) is 5. The van der Waals surface area contributed by atoms with E-state index >= 15 is 0 Å². The van der Waals surface area contributed by atoms with Crippen molar-refractivity contribution in [2.24, 2.45) is 4.99 Å². The van der Waals surface area contributed by atoms with E-state index in [2.05, 4.69) is 63.7 Å². The summed E-state index contributed by atoms with van der Waals surface area (Å²) >= 11 is 7.04. The fourth-order valence-electron chi connectivity index (χ4n) is 2.67. The molecule has 3 aromatic rings. The molecule has 0 unspecified atom stereocenters. The van der Waals surface area contributed by atoms with Crippen molar-refractivity contribution in [1.82, 2.24) is 19.7 Å². The first-order chi connectivity index (χ1) is 11.3. The fraction of sp³-hybridized carbons (Fsp3) is 0.125. The largest absolute Gasteiger partial charge is 0.280 e. The molecule has 23 heavy (non-hydrogen) atoms. The highest BCUT2D eigenvalue weighted by Gasteiger charge is 2.23. The molecule has 5 nitrogen and oxygen atoms in total. The number of aliphatic imine (C=N–C) groups is 1. The van der Waals surface area contributed by atoms with Gasteiger partial charge in [-0.3, -0.25) is 14.5 Å². The predicted octanol–water partition coefficient (Wildman–Crippen LogP) is 3.67. The number of aromatic nitrogens is 4. The summed E-state index contributed by atoms with van der Waals surface area (Å²) < 4.78 is 3.06. The summed E-state index contributed by atoms with van der Waals surface area (Å²) in [6.45, 7) is 0.470. The smallest absolute Gasteiger partial charge is 0.159 e. The van der Waals surface area contributed by atoms with Gasteiger partial charge in [0.2, 0.25) is 0 Å². The van der Waals surface area contributed by atoms with Crippen LogP contribution in [0, 0.1) is 0 Å². The zero-order valence-corrected chi connectivity index (χ0v) is 15.1. The third-order valence-electron chi connectivity index (χ3n) is 3.66. The van der Waals surface area contributed by atoms with E-state index in [4.69, 9.17) is 4.99 Å². The first kappa shape index (κ1) is 14.7. The molecule has 3 heterocycles. The van der Waals surface area contributed by atoms with Crippen LogP contribution in [0.2, 0.25) is 0 Å². The lowest BCUT2D eigenvalue weighted by molar-refractivity contribution is 0.860. The van der Waals surface area contributed by atoms with Gasteiger partial charge in [-0.2, -0.15) is 0 Å². The highest BCUT2D eigenvalue weighted by Crippen LogP contribution is 2.28. The molecule has 1 aliphatic rings. The lowest BCUT2D eigenvalue weighted by atomic mass is 10.0. The van der Waals surface area contributed by atoms with Crippen LogP contribution in [-0.4, -0.2) is 25.5 Å². The Hall–Kier alpha value is -1.86. The second-order valence-corrected chi connectivity index (χ2v) is 6.52. The van der Waals surface area contributed by atoms with E-state index in [1.165, 1.54) is 0 Å². The van der Waals surface area contributed by atoms with Crippen molar-refractivity contribution in [2.75, 3.05) is 0 Å². The summed E-state index contributed by atoms with van der Waals surface area (Å²) in [5.41, 5.74) is 3.75. The summed E-state index contributed by atoms with van der Waals surface area (Å²) in [5, 5.41) is 9.16. The van der Waals surface area contributed by atoms with Crippen molar-refractivity contribution in [1.29, 1.82) is 0 Å². The predicted molar refractivity (Wildman–Crippen MR) is 95.3 cm³/mol. The molecule has 1 aliphatic heterocycles. The van der Waals surface area contributed by atoms with Gasteiger partial charge in [-0.1, -0.05) is 37.9 Å². The van der Waals surface area contributed by atoms with Crippen molar-refractivity contribution in [3.8, 4) is 5.69 Å². The number of hydrogen-bond donors (Lipinski definition) is 0. The van der Waals surface area contributed by atoms with Crippen LogP contribution < -0.4 is 0 Å². The maximum Gasteiger partial charge on any atom is 0.159 e. The third-order valence-corrected chi connectivity index (χ3v) is 4.65. The molecule has 7 heteroatoms. The van der Waals surface area contributed by atoms with Crippen molar-refractivity contribution < 1.29 is 0 Å².